The Labute approximate surface area is 184 Å². The fraction of sp³-hybridized carbons (Fsp3) is 1.00. The van der Waals surface area contributed by atoms with Gasteiger partial charge in [0.2, 0.25) is 0 Å². The summed E-state index contributed by atoms with van der Waals surface area (Å²) in [6, 6.07) is 0. The first-order chi connectivity index (χ1) is 13.1. The molecule has 0 aliphatic carbocycles. The minimum Gasteiger partial charge on any atom is -0.388 e. The van der Waals surface area contributed by atoms with Gasteiger partial charge in [0.05, 0.1) is 0 Å². The molecule has 12 heteroatoms. The molecule has 0 amide bonds. The van der Waals surface area contributed by atoms with Crippen LogP contribution in [0.5, 0.6) is 0 Å². The van der Waals surface area contributed by atoms with Gasteiger partial charge in [-0.3, -0.25) is 0 Å². The van der Waals surface area contributed by atoms with E-state index in [1.807, 2.05) is 0 Å². The Morgan fingerprint density at radius 2 is 0.774 bits per heavy atom. The molecule has 0 unspecified atom stereocenters. The predicted octanol–water partition coefficient (Wildman–Crippen LogP) is 9.19. The highest BCUT2D eigenvalue weighted by molar-refractivity contribution is 7.57. The van der Waals surface area contributed by atoms with E-state index in [1.165, 1.54) is 38.5 Å². The summed E-state index contributed by atoms with van der Waals surface area (Å²) in [7, 11) is 3.67. The van der Waals surface area contributed by atoms with E-state index < -0.39 is 24.9 Å². The standard InChI is InChI=1S/C12H27P.C3BF9.C2H6O.2CH4/c1-4-7-10-13(11-8-5-2)12-9-6-3;5-1(6,7)4(2(8,9)10)3(11,12)13;1-3-2;;/h4-12H2,1-3H3;;1-2H3;2*1H4. The second-order valence-electron chi connectivity index (χ2n) is 6.37. The number of hydrogen-bond acceptors (Lipinski definition) is 1. The summed E-state index contributed by atoms with van der Waals surface area (Å²) in [5, 5.41) is 0. The van der Waals surface area contributed by atoms with Crippen LogP contribution in [0.3, 0.4) is 0 Å². The average Bonchev–Trinajstić information content (AvgIpc) is 2.51. The van der Waals surface area contributed by atoms with Crippen LogP contribution in [0, 0.1) is 0 Å². The Morgan fingerprint density at radius 1 is 0.581 bits per heavy atom. The summed E-state index contributed by atoms with van der Waals surface area (Å²) < 4.78 is 106. The highest BCUT2D eigenvalue weighted by Gasteiger charge is 2.75. The predicted molar refractivity (Wildman–Crippen MR) is 117 cm³/mol. The molecule has 1 nitrogen and oxygen atoms in total. The van der Waals surface area contributed by atoms with Crippen molar-refractivity contribution in [3.63, 3.8) is 0 Å². The van der Waals surface area contributed by atoms with Crippen molar-refractivity contribution in [1.82, 2.24) is 0 Å². The van der Waals surface area contributed by atoms with E-state index >= 15 is 0 Å². The molecule has 0 aromatic heterocycles. The van der Waals surface area contributed by atoms with Crippen LogP contribution in [0.4, 0.5) is 39.5 Å². The Morgan fingerprint density at radius 3 is 0.871 bits per heavy atom. The fourth-order valence-electron chi connectivity index (χ4n) is 2.04. The lowest BCUT2D eigenvalue weighted by molar-refractivity contribution is -0.151. The molecule has 0 N–H and O–H groups in total. The third-order valence-electron chi connectivity index (χ3n) is 3.47. The minimum absolute atomic E-state index is 0. The van der Waals surface area contributed by atoms with Crippen molar-refractivity contribution in [1.29, 1.82) is 0 Å². The summed E-state index contributed by atoms with van der Waals surface area (Å²) in [4.78, 5) is 0. The minimum atomic E-state index is -6.36. The van der Waals surface area contributed by atoms with Crippen molar-refractivity contribution < 1.29 is 44.3 Å². The topological polar surface area (TPSA) is 9.23 Å². The van der Waals surface area contributed by atoms with E-state index in [2.05, 4.69) is 25.5 Å². The third kappa shape index (κ3) is 26.0. The second kappa shape index (κ2) is 21.7. The lowest BCUT2D eigenvalue weighted by Crippen LogP contribution is -2.57. The van der Waals surface area contributed by atoms with Crippen LogP contribution in [-0.4, -0.2) is 57.6 Å². The Hall–Kier alpha value is -0.175. The monoisotopic (exact) mass is 498 g/mol. The van der Waals surface area contributed by atoms with Crippen LogP contribution >= 0.6 is 7.92 Å². The van der Waals surface area contributed by atoms with E-state index in [9.17, 15) is 39.5 Å². The maximum Gasteiger partial charge on any atom is 0.521 e. The number of hydrogen-bond donors (Lipinski definition) is 0. The molecule has 0 aliphatic rings. The molecular weight excluding hydrogens is 457 g/mol. The van der Waals surface area contributed by atoms with Crippen LogP contribution in [-0.2, 0) is 4.74 Å². The largest absolute Gasteiger partial charge is 0.521 e. The zero-order valence-electron chi connectivity index (χ0n) is 17.7. The zero-order valence-corrected chi connectivity index (χ0v) is 18.6. The molecule has 0 saturated carbocycles. The molecule has 0 radical (unpaired) electrons. The summed E-state index contributed by atoms with van der Waals surface area (Å²) in [5.41, 5.74) is 0. The van der Waals surface area contributed by atoms with Gasteiger partial charge in [0.1, 0.15) is 0 Å². The van der Waals surface area contributed by atoms with Gasteiger partial charge >= 0.3 is 24.9 Å². The van der Waals surface area contributed by atoms with E-state index in [0.29, 0.717) is 7.92 Å². The molecule has 0 aromatic rings. The molecule has 0 spiro atoms. The van der Waals surface area contributed by atoms with Gasteiger partial charge in [-0.1, -0.05) is 54.9 Å². The van der Waals surface area contributed by atoms with Crippen molar-refractivity contribution >= 4 is 14.6 Å². The van der Waals surface area contributed by atoms with Gasteiger partial charge in [-0.15, -0.1) is 7.92 Å². The average molecular weight is 498 g/mol. The fourth-order valence-corrected chi connectivity index (χ4v) is 5.00. The van der Waals surface area contributed by atoms with E-state index in [-0.39, 0.29) is 14.9 Å². The Kier molecular flexibility index (Phi) is 28.7. The molecule has 31 heavy (non-hydrogen) atoms. The van der Waals surface area contributed by atoms with Crippen molar-refractivity contribution in [2.75, 3.05) is 32.7 Å². The summed E-state index contributed by atoms with van der Waals surface area (Å²) in [6.07, 6.45) is -5.88. The molecule has 0 aliphatic heterocycles. The lowest BCUT2D eigenvalue weighted by atomic mass is 9.47. The number of alkyl halides is 9. The van der Waals surface area contributed by atoms with E-state index in [4.69, 9.17) is 0 Å². The van der Waals surface area contributed by atoms with Gasteiger partial charge in [0.15, 0.2) is 0 Å². The third-order valence-corrected chi connectivity index (χ3v) is 6.31. The van der Waals surface area contributed by atoms with Crippen LogP contribution in [0.2, 0.25) is 0 Å². The number of unbranched alkanes of at least 4 members (excludes halogenated alkanes) is 3. The van der Waals surface area contributed by atoms with Crippen molar-refractivity contribution in [2.24, 2.45) is 0 Å². The normalized spacial score (nSPS) is 11.3. The molecular formula is C19H41BF9OP. The first-order valence-corrected chi connectivity index (χ1v) is 11.4. The maximum absolute atomic E-state index is 11.3. The van der Waals surface area contributed by atoms with Crippen LogP contribution in [0.1, 0.15) is 74.1 Å². The molecule has 0 saturated heterocycles. The molecule has 0 fully saturated rings. The molecule has 0 rings (SSSR count). The van der Waals surface area contributed by atoms with Crippen LogP contribution in [0.15, 0.2) is 0 Å². The summed E-state index contributed by atoms with van der Waals surface area (Å²) in [5.74, 6) is 0. The van der Waals surface area contributed by atoms with Crippen LogP contribution < -0.4 is 0 Å². The van der Waals surface area contributed by atoms with Gasteiger partial charge < -0.3 is 4.74 Å². The highest BCUT2D eigenvalue weighted by atomic mass is 31.1. The van der Waals surface area contributed by atoms with Gasteiger partial charge in [-0.05, 0) is 37.7 Å². The van der Waals surface area contributed by atoms with Gasteiger partial charge in [0, 0.05) is 14.2 Å². The van der Waals surface area contributed by atoms with Crippen molar-refractivity contribution in [2.45, 2.75) is 92.4 Å². The first kappa shape index (κ1) is 41.1. The van der Waals surface area contributed by atoms with E-state index in [0.717, 1.165) is 0 Å². The number of halogens is 9. The van der Waals surface area contributed by atoms with Crippen LogP contribution in [0.25, 0.3) is 0 Å². The number of rotatable bonds is 9. The summed E-state index contributed by atoms with van der Waals surface area (Å²) in [6.45, 7) is 1.67. The van der Waals surface area contributed by atoms with Crippen molar-refractivity contribution in [3.05, 3.63) is 0 Å². The second-order valence-corrected chi connectivity index (χ2v) is 9.05. The van der Waals surface area contributed by atoms with Gasteiger partial charge in [-0.25, -0.2) is 0 Å². The zero-order chi connectivity index (χ0) is 23.7. The quantitative estimate of drug-likeness (QED) is 0.175. The number of ether oxygens (including phenoxy) is 1. The molecule has 0 bridgehead atoms. The SMILES string of the molecule is C.C.CCCCP(CCCC)CCCC.COC.FC(F)(F)B(C(F)(F)F)C(F)(F)F. The number of methoxy groups -OCH3 is 1. The van der Waals surface area contributed by atoms with Gasteiger partial charge in [0.25, 0.3) is 0 Å². The Bertz CT molecular complexity index is 309. The van der Waals surface area contributed by atoms with Crippen molar-refractivity contribution in [3.8, 4) is 0 Å². The highest BCUT2D eigenvalue weighted by Crippen LogP contribution is 2.41. The van der Waals surface area contributed by atoms with Gasteiger partial charge in [-0.2, -0.15) is 39.5 Å². The smallest absolute Gasteiger partial charge is 0.388 e. The Balaban J connectivity index is -0.000000122. The maximum atomic E-state index is 11.3. The molecule has 194 valence electrons. The lowest BCUT2D eigenvalue weighted by Gasteiger charge is -2.21. The van der Waals surface area contributed by atoms with E-state index in [1.54, 1.807) is 32.7 Å². The first-order valence-electron chi connectivity index (χ1n) is 9.45. The molecule has 0 heterocycles. The summed E-state index contributed by atoms with van der Waals surface area (Å²) >= 11 is 0. The molecule has 0 atom stereocenters. The molecule has 0 aromatic carbocycles.